The predicted molar refractivity (Wildman–Crippen MR) is 123 cm³/mol. The summed E-state index contributed by atoms with van der Waals surface area (Å²) in [5.41, 5.74) is 3.17. The van der Waals surface area contributed by atoms with Crippen LogP contribution in [0.2, 0.25) is 0 Å². The lowest BCUT2D eigenvalue weighted by atomic mass is 10.1. The van der Waals surface area contributed by atoms with Crippen molar-refractivity contribution in [2.24, 2.45) is 0 Å². The Morgan fingerprint density at radius 2 is 1.86 bits per heavy atom. The Balaban J connectivity index is 1.60. The van der Waals surface area contributed by atoms with E-state index < -0.39 is 22.2 Å². The first-order valence-corrected chi connectivity index (χ1v) is 13.1. The molecule has 2 aliphatic rings. The SMILES string of the molecule is CC(NS(=O)(=O)c1ccc(-c2c(C#N)c3cc(C4CC4)cnc3n2C2CCCC2)nc1)C(F)(F)F. The Labute approximate surface area is 201 Å². The van der Waals surface area contributed by atoms with Crippen molar-refractivity contribution in [3.63, 3.8) is 0 Å². The molecule has 0 amide bonds. The van der Waals surface area contributed by atoms with E-state index in [-0.39, 0.29) is 10.9 Å². The largest absolute Gasteiger partial charge is 0.404 e. The summed E-state index contributed by atoms with van der Waals surface area (Å²) in [7, 11) is -4.43. The molecule has 7 nitrogen and oxygen atoms in total. The van der Waals surface area contributed by atoms with Crippen LogP contribution in [0.1, 0.15) is 68.5 Å². The van der Waals surface area contributed by atoms with E-state index in [4.69, 9.17) is 4.98 Å². The van der Waals surface area contributed by atoms with Gasteiger partial charge in [0.05, 0.1) is 17.0 Å². The van der Waals surface area contributed by atoms with E-state index in [1.807, 2.05) is 16.8 Å². The van der Waals surface area contributed by atoms with Gasteiger partial charge in [-0.25, -0.2) is 13.4 Å². The third-order valence-corrected chi connectivity index (χ3v) is 8.35. The van der Waals surface area contributed by atoms with Gasteiger partial charge in [0.2, 0.25) is 10.0 Å². The summed E-state index contributed by atoms with van der Waals surface area (Å²) in [4.78, 5) is 8.64. The van der Waals surface area contributed by atoms with Gasteiger partial charge in [-0.1, -0.05) is 12.8 Å². The summed E-state index contributed by atoms with van der Waals surface area (Å²) >= 11 is 0. The summed E-state index contributed by atoms with van der Waals surface area (Å²) in [5, 5.41) is 10.9. The molecule has 0 aliphatic heterocycles. The fourth-order valence-electron chi connectivity index (χ4n) is 4.77. The van der Waals surface area contributed by atoms with E-state index in [9.17, 15) is 26.9 Å². The molecule has 2 saturated carbocycles. The van der Waals surface area contributed by atoms with Gasteiger partial charge >= 0.3 is 6.18 Å². The molecule has 0 aromatic carbocycles. The number of halogens is 3. The second-order valence-corrected chi connectivity index (χ2v) is 11.0. The van der Waals surface area contributed by atoms with E-state index in [0.29, 0.717) is 28.5 Å². The smallest absolute Gasteiger partial charge is 0.320 e. The van der Waals surface area contributed by atoms with Gasteiger partial charge in [-0.3, -0.25) is 4.98 Å². The van der Waals surface area contributed by atoms with Crippen LogP contribution in [0.15, 0.2) is 35.5 Å². The van der Waals surface area contributed by atoms with Crippen molar-refractivity contribution < 1.29 is 21.6 Å². The second-order valence-electron chi connectivity index (χ2n) is 9.32. The summed E-state index contributed by atoms with van der Waals surface area (Å²) in [6.07, 6.45) is 4.36. The van der Waals surface area contributed by atoms with Gasteiger partial charge in [-0.15, -0.1) is 0 Å². The van der Waals surface area contributed by atoms with Crippen LogP contribution in [0.25, 0.3) is 22.4 Å². The average Bonchev–Trinajstić information content (AvgIpc) is 3.42. The number of fused-ring (bicyclic) bond motifs is 1. The maximum atomic E-state index is 12.9. The Kier molecular flexibility index (Phi) is 5.84. The molecule has 1 N–H and O–H groups in total. The zero-order chi connectivity index (χ0) is 25.0. The van der Waals surface area contributed by atoms with Gasteiger partial charge in [0.15, 0.2) is 0 Å². The van der Waals surface area contributed by atoms with Crippen molar-refractivity contribution in [3.05, 3.63) is 41.7 Å². The fraction of sp³-hybridized carbons (Fsp3) is 0.458. The second kappa shape index (κ2) is 8.60. The van der Waals surface area contributed by atoms with Crippen LogP contribution in [0, 0.1) is 11.3 Å². The van der Waals surface area contributed by atoms with Gasteiger partial charge in [-0.05, 0) is 62.3 Å². The number of pyridine rings is 2. The van der Waals surface area contributed by atoms with Crippen LogP contribution in [-0.2, 0) is 10.0 Å². The number of hydrogen-bond donors (Lipinski definition) is 1. The maximum absolute atomic E-state index is 12.9. The molecule has 3 aromatic rings. The van der Waals surface area contributed by atoms with E-state index in [1.165, 1.54) is 12.1 Å². The number of hydrogen-bond acceptors (Lipinski definition) is 5. The normalized spacial score (nSPS) is 18.1. The van der Waals surface area contributed by atoms with E-state index in [0.717, 1.165) is 62.6 Å². The summed E-state index contributed by atoms with van der Waals surface area (Å²) in [6.45, 7) is 0.738. The van der Waals surface area contributed by atoms with Crippen LogP contribution in [0.3, 0.4) is 0 Å². The highest BCUT2D eigenvalue weighted by Crippen LogP contribution is 2.44. The molecule has 0 spiro atoms. The van der Waals surface area contributed by atoms with Crippen LogP contribution in [0.5, 0.6) is 0 Å². The third kappa shape index (κ3) is 4.41. The van der Waals surface area contributed by atoms with E-state index >= 15 is 0 Å². The van der Waals surface area contributed by atoms with Crippen molar-refractivity contribution in [2.75, 3.05) is 0 Å². The molecule has 35 heavy (non-hydrogen) atoms. The Morgan fingerprint density at radius 1 is 1.14 bits per heavy atom. The first kappa shape index (κ1) is 23.8. The highest BCUT2D eigenvalue weighted by molar-refractivity contribution is 7.89. The number of aromatic nitrogens is 3. The third-order valence-electron chi connectivity index (χ3n) is 6.83. The van der Waals surface area contributed by atoms with Crippen molar-refractivity contribution in [1.82, 2.24) is 19.3 Å². The standard InChI is InChI=1S/C24H24F3N5O2S/c1-14(24(25,26)27)31-35(33,34)18-8-9-21(29-13-18)22-20(11-28)19-10-16(15-6-7-15)12-30-23(19)32(22)17-4-2-3-5-17/h8-10,12-15,17,31H,2-7H2,1H3. The van der Waals surface area contributed by atoms with Crippen LogP contribution in [-0.4, -0.2) is 35.2 Å². The number of rotatable bonds is 6. The van der Waals surface area contributed by atoms with Gasteiger partial charge in [0.1, 0.15) is 22.7 Å². The van der Waals surface area contributed by atoms with Crippen molar-refractivity contribution in [1.29, 1.82) is 5.26 Å². The van der Waals surface area contributed by atoms with Crippen LogP contribution in [0.4, 0.5) is 13.2 Å². The minimum atomic E-state index is -4.71. The van der Waals surface area contributed by atoms with Gasteiger partial charge in [-0.2, -0.15) is 23.2 Å². The number of alkyl halides is 3. The van der Waals surface area contributed by atoms with Crippen molar-refractivity contribution in [2.45, 2.75) is 74.5 Å². The van der Waals surface area contributed by atoms with Crippen molar-refractivity contribution >= 4 is 21.1 Å². The summed E-state index contributed by atoms with van der Waals surface area (Å²) < 4.78 is 67.2. The average molecular weight is 504 g/mol. The number of nitrogens with zero attached hydrogens (tertiary/aromatic N) is 4. The highest BCUT2D eigenvalue weighted by atomic mass is 32.2. The van der Waals surface area contributed by atoms with E-state index in [1.54, 1.807) is 4.72 Å². The molecule has 11 heteroatoms. The van der Waals surface area contributed by atoms with Gasteiger partial charge < -0.3 is 4.57 Å². The zero-order valence-electron chi connectivity index (χ0n) is 19.0. The molecule has 0 bridgehead atoms. The minimum absolute atomic E-state index is 0.133. The van der Waals surface area contributed by atoms with Gasteiger partial charge in [0.25, 0.3) is 0 Å². The van der Waals surface area contributed by atoms with Crippen molar-refractivity contribution in [3.8, 4) is 17.5 Å². The Morgan fingerprint density at radius 3 is 2.43 bits per heavy atom. The highest BCUT2D eigenvalue weighted by Gasteiger charge is 2.39. The molecule has 0 saturated heterocycles. The topological polar surface area (TPSA) is 101 Å². The lowest BCUT2D eigenvalue weighted by molar-refractivity contribution is -0.147. The Hall–Kier alpha value is -2.97. The lowest BCUT2D eigenvalue weighted by Crippen LogP contribution is -2.42. The lowest BCUT2D eigenvalue weighted by Gasteiger charge is -2.18. The molecule has 3 heterocycles. The molecule has 1 unspecified atom stereocenters. The maximum Gasteiger partial charge on any atom is 0.404 e. The Bertz CT molecular complexity index is 1410. The summed E-state index contributed by atoms with van der Waals surface area (Å²) in [6, 6.07) is 4.87. The monoisotopic (exact) mass is 503 g/mol. The van der Waals surface area contributed by atoms with Gasteiger partial charge in [0, 0.05) is 23.8 Å². The first-order chi connectivity index (χ1) is 16.6. The van der Waals surface area contributed by atoms with Crippen LogP contribution >= 0.6 is 0 Å². The minimum Gasteiger partial charge on any atom is -0.320 e. The molecule has 184 valence electrons. The van der Waals surface area contributed by atoms with E-state index in [2.05, 4.69) is 11.1 Å². The molecule has 2 fully saturated rings. The zero-order valence-corrected chi connectivity index (χ0v) is 19.8. The molecular formula is C24H24F3N5O2S. The molecule has 3 aromatic heterocycles. The molecular weight excluding hydrogens is 479 g/mol. The molecule has 5 rings (SSSR count). The fourth-order valence-corrected chi connectivity index (χ4v) is 5.95. The molecule has 1 atom stereocenters. The predicted octanol–water partition coefficient (Wildman–Crippen LogP) is 5.19. The number of nitrogens with one attached hydrogen (secondary N) is 1. The molecule has 0 radical (unpaired) electrons. The summed E-state index contributed by atoms with van der Waals surface area (Å²) in [5.74, 6) is 0.464. The molecule has 2 aliphatic carbocycles. The number of sulfonamides is 1. The quantitative estimate of drug-likeness (QED) is 0.499. The first-order valence-electron chi connectivity index (χ1n) is 11.6. The number of nitriles is 1. The van der Waals surface area contributed by atoms with Crippen LogP contribution < -0.4 is 4.72 Å².